The Morgan fingerprint density at radius 2 is 1.07 bits per heavy atom. The molecular formula is C15H24. The summed E-state index contributed by atoms with van der Waals surface area (Å²) < 4.78 is 120. The molecule has 0 fully saturated rings. The largest absolute Gasteiger partial charge is 0.0651 e. The molecule has 0 amide bonds. The highest BCUT2D eigenvalue weighted by atomic mass is 14.1. The molecule has 0 aromatic heterocycles. The van der Waals surface area contributed by atoms with Gasteiger partial charge in [0.25, 0.3) is 0 Å². The lowest BCUT2D eigenvalue weighted by molar-refractivity contribution is 0.871. The minimum atomic E-state index is -3.13. The Labute approximate surface area is 116 Å². The van der Waals surface area contributed by atoms with Gasteiger partial charge in [0.1, 0.15) is 0 Å². The molecule has 0 bridgehead atoms. The number of hydrogen-bond donors (Lipinski definition) is 0. The second-order valence-corrected chi connectivity index (χ2v) is 2.62. The van der Waals surface area contributed by atoms with Crippen molar-refractivity contribution in [2.24, 2.45) is 0 Å². The van der Waals surface area contributed by atoms with E-state index in [0.717, 1.165) is 20.8 Å². The molecule has 15 heavy (non-hydrogen) atoms. The molecule has 0 nitrogen and oxygen atoms in total. The Balaban J connectivity index is 4.40. The molecule has 0 radical (unpaired) electrons. The van der Waals surface area contributed by atoms with Gasteiger partial charge >= 0.3 is 0 Å². The topological polar surface area (TPSA) is 0 Å². The summed E-state index contributed by atoms with van der Waals surface area (Å²) in [7, 11) is 0. The predicted octanol–water partition coefficient (Wildman–Crippen LogP) is 4.54. The van der Waals surface area contributed by atoms with Gasteiger partial charge in [-0.2, -0.15) is 0 Å². The lowest BCUT2D eigenvalue weighted by Gasteiger charge is -2.08. The van der Waals surface area contributed by atoms with Crippen LogP contribution in [0.4, 0.5) is 0 Å². The Kier molecular flexibility index (Phi) is 1.29. The molecule has 0 atom stereocenters. The SMILES string of the molecule is [2H]c1c(C([2H])([2H])C([2H])([2H])C)c([2H])c(C([2H])([2H])C([2H])([2H])C)c([2H])c1C([2H])([2H])C([2H])([2H])C. The van der Waals surface area contributed by atoms with Gasteiger partial charge in [-0.1, -0.05) is 58.0 Å². The first-order valence-corrected chi connectivity index (χ1v) is 4.50. The minimum absolute atomic E-state index is 0.807. The molecule has 0 aliphatic rings. The Morgan fingerprint density at radius 3 is 1.27 bits per heavy atom. The molecule has 0 N–H and O–H groups in total. The van der Waals surface area contributed by atoms with E-state index < -0.39 is 73.1 Å². The van der Waals surface area contributed by atoms with Crippen molar-refractivity contribution in [3.8, 4) is 0 Å². The van der Waals surface area contributed by atoms with Gasteiger partial charge in [-0.25, -0.2) is 0 Å². The molecule has 84 valence electrons. The third-order valence-electron chi connectivity index (χ3n) is 1.50. The van der Waals surface area contributed by atoms with Crippen LogP contribution in [0.5, 0.6) is 0 Å². The average molecular weight is 219 g/mol. The summed E-state index contributed by atoms with van der Waals surface area (Å²) in [6.45, 7) is 2.42. The molecule has 0 heterocycles. The fourth-order valence-corrected chi connectivity index (χ4v) is 1.03. The monoisotopic (exact) mass is 219 g/mol. The van der Waals surface area contributed by atoms with Gasteiger partial charge in [0.2, 0.25) is 0 Å². The first-order valence-electron chi connectivity index (χ1n) is 12.0. The Hall–Kier alpha value is -0.780. The third kappa shape index (κ3) is 4.07. The lowest BCUT2D eigenvalue weighted by atomic mass is 9.98. The van der Waals surface area contributed by atoms with E-state index in [9.17, 15) is 0 Å². The second-order valence-electron chi connectivity index (χ2n) is 2.62. The predicted molar refractivity (Wildman–Crippen MR) is 68.4 cm³/mol. The van der Waals surface area contributed by atoms with Crippen molar-refractivity contribution in [1.29, 1.82) is 0 Å². The van der Waals surface area contributed by atoms with Gasteiger partial charge in [-0.05, 0) is 35.8 Å². The van der Waals surface area contributed by atoms with E-state index in [1.54, 1.807) is 0 Å². The second kappa shape index (κ2) is 6.66. The van der Waals surface area contributed by atoms with Crippen molar-refractivity contribution in [2.45, 2.75) is 59.0 Å². The fourth-order valence-electron chi connectivity index (χ4n) is 1.03. The number of rotatable bonds is 6. The molecule has 0 saturated heterocycles. The van der Waals surface area contributed by atoms with Gasteiger partial charge in [0, 0.05) is 16.4 Å². The molecule has 0 aliphatic heterocycles. The Bertz CT molecular complexity index is 690. The normalized spacial score (nSPS) is 31.0. The van der Waals surface area contributed by atoms with Crippen LogP contribution in [-0.4, -0.2) is 0 Å². The lowest BCUT2D eigenvalue weighted by Crippen LogP contribution is -1.93. The summed E-state index contributed by atoms with van der Waals surface area (Å²) in [6.07, 6.45) is -17.6. The summed E-state index contributed by atoms with van der Waals surface area (Å²) >= 11 is 0. The molecule has 0 saturated carbocycles. The van der Waals surface area contributed by atoms with Crippen molar-refractivity contribution in [2.75, 3.05) is 0 Å². The van der Waals surface area contributed by atoms with Crippen LogP contribution in [0.15, 0.2) is 18.1 Å². The highest BCUT2D eigenvalue weighted by Crippen LogP contribution is 2.15. The van der Waals surface area contributed by atoms with E-state index in [-0.39, 0.29) is 0 Å². The molecule has 1 aromatic rings. The summed E-state index contributed by atoms with van der Waals surface area (Å²) in [4.78, 5) is 0. The van der Waals surface area contributed by atoms with Crippen molar-refractivity contribution < 1.29 is 20.6 Å². The minimum Gasteiger partial charge on any atom is -0.0651 e. The van der Waals surface area contributed by atoms with E-state index in [1.165, 1.54) is 0 Å². The summed E-state index contributed by atoms with van der Waals surface area (Å²) in [6, 6.07) is -3.40. The van der Waals surface area contributed by atoms with Crippen molar-refractivity contribution in [1.82, 2.24) is 0 Å². The molecule has 0 unspecified atom stereocenters. The summed E-state index contributed by atoms with van der Waals surface area (Å²) in [5.74, 6) is 0. The zero-order valence-electron chi connectivity index (χ0n) is 24.0. The van der Waals surface area contributed by atoms with Gasteiger partial charge in [0.05, 0.1) is 4.11 Å². The first-order chi connectivity index (χ1) is 12.8. The van der Waals surface area contributed by atoms with Crippen molar-refractivity contribution in [3.05, 3.63) is 34.8 Å². The molecular weight excluding hydrogens is 180 g/mol. The number of benzene rings is 1. The van der Waals surface area contributed by atoms with Gasteiger partial charge in [-0.15, -0.1) is 0 Å². The maximum absolute atomic E-state index is 8.29. The highest BCUT2D eigenvalue weighted by molar-refractivity contribution is 5.30. The molecule has 0 heteroatoms. The van der Waals surface area contributed by atoms with Gasteiger partial charge < -0.3 is 0 Å². The van der Waals surface area contributed by atoms with E-state index in [4.69, 9.17) is 20.6 Å². The van der Waals surface area contributed by atoms with Crippen LogP contribution in [0.25, 0.3) is 0 Å². The molecule has 1 rings (SSSR count). The zero-order valence-corrected chi connectivity index (χ0v) is 9.00. The standard InChI is InChI=1S/C15H24/c1-4-7-13-10-14(8-5-2)12-15(11-13)9-6-3/h10-12H,4-9H2,1-3H3/i4D2,5D2,6D2,7D2,8D2,9D2,10D,11D,12D. The smallest absolute Gasteiger partial charge is 0.0629 e. The van der Waals surface area contributed by atoms with E-state index >= 15 is 0 Å². The zero-order chi connectivity index (χ0) is 24.5. The fraction of sp³-hybridized carbons (Fsp3) is 0.600. The highest BCUT2D eigenvalue weighted by Gasteiger charge is 2.00. The van der Waals surface area contributed by atoms with E-state index in [0.29, 0.717) is 0 Å². The quantitative estimate of drug-likeness (QED) is 0.659. The summed E-state index contributed by atoms with van der Waals surface area (Å²) in [5, 5.41) is 0. The Morgan fingerprint density at radius 1 is 0.800 bits per heavy atom. The third-order valence-corrected chi connectivity index (χ3v) is 1.50. The first kappa shape index (κ1) is 2.91. The van der Waals surface area contributed by atoms with Crippen LogP contribution in [0.2, 0.25) is 0 Å². The maximum atomic E-state index is 8.29. The number of hydrogen-bond acceptors (Lipinski definition) is 0. The molecule has 1 aromatic carbocycles. The van der Waals surface area contributed by atoms with Crippen molar-refractivity contribution in [3.63, 3.8) is 0 Å². The molecule has 0 spiro atoms. The van der Waals surface area contributed by atoms with E-state index in [2.05, 4.69) is 0 Å². The average Bonchev–Trinajstić information content (AvgIpc) is 2.41. The molecule has 0 aliphatic carbocycles. The summed E-state index contributed by atoms with van der Waals surface area (Å²) in [5.41, 5.74) is -3.22. The van der Waals surface area contributed by atoms with Crippen LogP contribution < -0.4 is 0 Å². The maximum Gasteiger partial charge on any atom is 0.0629 e. The van der Waals surface area contributed by atoms with Crippen molar-refractivity contribution >= 4 is 0 Å². The van der Waals surface area contributed by atoms with Crippen LogP contribution in [0.3, 0.4) is 0 Å². The van der Waals surface area contributed by atoms with Gasteiger partial charge in [0.15, 0.2) is 0 Å². The van der Waals surface area contributed by atoms with Crippen LogP contribution in [-0.2, 0) is 19.1 Å². The van der Waals surface area contributed by atoms with Crippen LogP contribution in [0, 0.1) is 0 Å². The van der Waals surface area contributed by atoms with Gasteiger partial charge in [-0.3, -0.25) is 0 Å². The van der Waals surface area contributed by atoms with E-state index in [1.807, 2.05) is 0 Å². The van der Waals surface area contributed by atoms with Crippen LogP contribution >= 0.6 is 0 Å². The van der Waals surface area contributed by atoms with Crippen LogP contribution in [0.1, 0.15) is 77.1 Å².